The quantitative estimate of drug-likeness (QED) is 0.718. The third kappa shape index (κ3) is 4.91. The van der Waals surface area contributed by atoms with Crippen LogP contribution in [0.1, 0.15) is 30.9 Å². The van der Waals surface area contributed by atoms with E-state index in [0.29, 0.717) is 19.6 Å². The van der Waals surface area contributed by atoms with E-state index >= 15 is 0 Å². The SMILES string of the molecule is CC[C@@H]1C[C@H](OCc2ccccc2)[C@@H](OCc2ccccc2)C(=O)O1. The van der Waals surface area contributed by atoms with Crippen molar-refractivity contribution in [2.24, 2.45) is 0 Å². The van der Waals surface area contributed by atoms with Crippen molar-refractivity contribution in [3.63, 3.8) is 0 Å². The lowest BCUT2D eigenvalue weighted by Crippen LogP contribution is -2.47. The van der Waals surface area contributed by atoms with Crippen molar-refractivity contribution < 1.29 is 19.0 Å². The van der Waals surface area contributed by atoms with E-state index in [4.69, 9.17) is 14.2 Å². The highest BCUT2D eigenvalue weighted by molar-refractivity contribution is 5.76. The van der Waals surface area contributed by atoms with Gasteiger partial charge in [-0.2, -0.15) is 0 Å². The van der Waals surface area contributed by atoms with E-state index in [2.05, 4.69) is 0 Å². The number of esters is 1. The molecule has 1 saturated heterocycles. The molecule has 2 aromatic carbocycles. The Morgan fingerprint density at radius 3 is 2.04 bits per heavy atom. The summed E-state index contributed by atoms with van der Waals surface area (Å²) in [5.41, 5.74) is 2.10. The lowest BCUT2D eigenvalue weighted by atomic mass is 10.0. The molecule has 0 bridgehead atoms. The first kappa shape index (κ1) is 17.6. The molecule has 1 aliphatic rings. The fraction of sp³-hybridized carbons (Fsp3) is 0.381. The molecule has 3 atom stereocenters. The second-order valence-electron chi connectivity index (χ2n) is 6.26. The number of hydrogen-bond acceptors (Lipinski definition) is 4. The van der Waals surface area contributed by atoms with E-state index in [0.717, 1.165) is 17.5 Å². The molecule has 0 amide bonds. The molecule has 1 aliphatic heterocycles. The number of carbonyl (C=O) groups is 1. The van der Waals surface area contributed by atoms with Gasteiger partial charge in [-0.1, -0.05) is 67.6 Å². The van der Waals surface area contributed by atoms with Gasteiger partial charge in [-0.3, -0.25) is 0 Å². The Bertz CT molecular complexity index is 656. The first-order valence-corrected chi connectivity index (χ1v) is 8.78. The molecule has 0 N–H and O–H groups in total. The summed E-state index contributed by atoms with van der Waals surface area (Å²) in [6.45, 7) is 2.83. The van der Waals surface area contributed by atoms with Gasteiger partial charge < -0.3 is 14.2 Å². The van der Waals surface area contributed by atoms with Gasteiger partial charge in [0, 0.05) is 6.42 Å². The van der Waals surface area contributed by atoms with Crippen molar-refractivity contribution in [3.05, 3.63) is 71.8 Å². The van der Waals surface area contributed by atoms with Crippen LogP contribution in [0, 0.1) is 0 Å². The molecule has 1 heterocycles. The van der Waals surface area contributed by atoms with Gasteiger partial charge in [0.25, 0.3) is 0 Å². The second kappa shape index (κ2) is 8.79. The predicted molar refractivity (Wildman–Crippen MR) is 94.8 cm³/mol. The van der Waals surface area contributed by atoms with Crippen LogP contribution >= 0.6 is 0 Å². The van der Waals surface area contributed by atoms with Gasteiger partial charge in [0.05, 0.1) is 19.3 Å². The second-order valence-corrected chi connectivity index (χ2v) is 6.26. The van der Waals surface area contributed by atoms with Crippen molar-refractivity contribution in [1.82, 2.24) is 0 Å². The van der Waals surface area contributed by atoms with Gasteiger partial charge in [-0.25, -0.2) is 4.79 Å². The van der Waals surface area contributed by atoms with Gasteiger partial charge in [0.2, 0.25) is 0 Å². The Kier molecular flexibility index (Phi) is 6.20. The summed E-state index contributed by atoms with van der Waals surface area (Å²) in [6.07, 6.45) is 0.350. The van der Waals surface area contributed by atoms with Crippen molar-refractivity contribution in [3.8, 4) is 0 Å². The van der Waals surface area contributed by atoms with E-state index in [1.165, 1.54) is 0 Å². The predicted octanol–water partition coefficient (Wildman–Crippen LogP) is 3.88. The van der Waals surface area contributed by atoms with E-state index in [-0.39, 0.29) is 18.2 Å². The summed E-state index contributed by atoms with van der Waals surface area (Å²) in [5, 5.41) is 0. The zero-order valence-electron chi connectivity index (χ0n) is 14.5. The van der Waals surface area contributed by atoms with Crippen molar-refractivity contribution in [2.45, 2.75) is 51.3 Å². The van der Waals surface area contributed by atoms with Crippen molar-refractivity contribution in [1.29, 1.82) is 0 Å². The van der Waals surface area contributed by atoms with Crippen LogP contribution in [-0.4, -0.2) is 24.3 Å². The Morgan fingerprint density at radius 1 is 0.920 bits per heavy atom. The molecule has 25 heavy (non-hydrogen) atoms. The van der Waals surface area contributed by atoms with E-state index < -0.39 is 6.10 Å². The molecule has 0 aromatic heterocycles. The normalized spacial score (nSPS) is 23.2. The largest absolute Gasteiger partial charge is 0.460 e. The van der Waals surface area contributed by atoms with E-state index in [9.17, 15) is 4.79 Å². The summed E-state index contributed by atoms with van der Waals surface area (Å²) in [6, 6.07) is 19.8. The number of rotatable bonds is 7. The molecular weight excluding hydrogens is 316 g/mol. The van der Waals surface area contributed by atoms with Crippen molar-refractivity contribution in [2.75, 3.05) is 0 Å². The monoisotopic (exact) mass is 340 g/mol. The molecule has 0 unspecified atom stereocenters. The smallest absolute Gasteiger partial charge is 0.338 e. The first-order chi connectivity index (χ1) is 12.3. The Balaban J connectivity index is 1.64. The highest BCUT2D eigenvalue weighted by Gasteiger charge is 2.39. The lowest BCUT2D eigenvalue weighted by molar-refractivity contribution is -0.195. The number of hydrogen-bond donors (Lipinski definition) is 0. The summed E-state index contributed by atoms with van der Waals surface area (Å²) >= 11 is 0. The minimum atomic E-state index is -0.688. The summed E-state index contributed by atoms with van der Waals surface area (Å²) in [7, 11) is 0. The summed E-state index contributed by atoms with van der Waals surface area (Å²) < 4.78 is 17.4. The summed E-state index contributed by atoms with van der Waals surface area (Å²) in [5.74, 6) is -0.327. The Labute approximate surface area is 148 Å². The molecule has 132 valence electrons. The average Bonchev–Trinajstić information content (AvgIpc) is 2.67. The van der Waals surface area contributed by atoms with Gasteiger partial charge in [-0.15, -0.1) is 0 Å². The van der Waals surface area contributed by atoms with Crippen LogP contribution in [0.25, 0.3) is 0 Å². The number of benzene rings is 2. The maximum absolute atomic E-state index is 12.4. The Morgan fingerprint density at radius 2 is 1.48 bits per heavy atom. The third-order valence-electron chi connectivity index (χ3n) is 4.38. The van der Waals surface area contributed by atoms with Crippen LogP contribution < -0.4 is 0 Å². The number of carbonyl (C=O) groups excluding carboxylic acids is 1. The molecule has 0 saturated carbocycles. The van der Waals surface area contributed by atoms with Crippen LogP contribution in [0.4, 0.5) is 0 Å². The molecule has 1 fully saturated rings. The minimum absolute atomic E-state index is 0.107. The van der Waals surface area contributed by atoms with Crippen LogP contribution in [0.5, 0.6) is 0 Å². The fourth-order valence-corrected chi connectivity index (χ4v) is 2.93. The first-order valence-electron chi connectivity index (χ1n) is 8.78. The number of cyclic esters (lactones) is 1. The van der Waals surface area contributed by atoms with Gasteiger partial charge in [0.1, 0.15) is 6.10 Å². The third-order valence-corrected chi connectivity index (χ3v) is 4.38. The zero-order chi connectivity index (χ0) is 17.5. The molecule has 3 rings (SSSR count). The van der Waals surface area contributed by atoms with Crippen LogP contribution in [0.3, 0.4) is 0 Å². The topological polar surface area (TPSA) is 44.8 Å². The maximum Gasteiger partial charge on any atom is 0.338 e. The zero-order valence-corrected chi connectivity index (χ0v) is 14.5. The molecule has 0 radical (unpaired) electrons. The van der Waals surface area contributed by atoms with Gasteiger partial charge >= 0.3 is 5.97 Å². The fourth-order valence-electron chi connectivity index (χ4n) is 2.93. The maximum atomic E-state index is 12.4. The van der Waals surface area contributed by atoms with Crippen LogP contribution in [0.2, 0.25) is 0 Å². The average molecular weight is 340 g/mol. The Hall–Kier alpha value is -2.17. The van der Waals surface area contributed by atoms with E-state index in [1.807, 2.05) is 67.6 Å². The van der Waals surface area contributed by atoms with Crippen LogP contribution in [0.15, 0.2) is 60.7 Å². The van der Waals surface area contributed by atoms with E-state index in [1.54, 1.807) is 0 Å². The molecular formula is C21H24O4. The molecule has 2 aromatic rings. The molecule has 0 aliphatic carbocycles. The lowest BCUT2D eigenvalue weighted by Gasteiger charge is -2.34. The van der Waals surface area contributed by atoms with Gasteiger partial charge in [0.15, 0.2) is 6.10 Å². The van der Waals surface area contributed by atoms with Crippen LogP contribution in [-0.2, 0) is 32.2 Å². The van der Waals surface area contributed by atoms with Crippen molar-refractivity contribution >= 4 is 5.97 Å². The highest BCUT2D eigenvalue weighted by Crippen LogP contribution is 2.25. The molecule has 4 nitrogen and oxygen atoms in total. The standard InChI is InChI=1S/C21H24O4/c1-2-18-13-19(23-14-16-9-5-3-6-10-16)20(21(22)25-18)24-15-17-11-7-4-8-12-17/h3-12,18-20H,2,13-15H2,1H3/t18-,19+,20-/m1/s1. The molecule has 0 spiro atoms. The minimum Gasteiger partial charge on any atom is -0.460 e. The highest BCUT2D eigenvalue weighted by atomic mass is 16.6. The molecule has 4 heteroatoms. The number of ether oxygens (including phenoxy) is 3. The van der Waals surface area contributed by atoms with Gasteiger partial charge in [-0.05, 0) is 17.5 Å². The summed E-state index contributed by atoms with van der Waals surface area (Å²) in [4.78, 5) is 12.4.